The summed E-state index contributed by atoms with van der Waals surface area (Å²) in [6, 6.07) is 1.20. The molecule has 9 heteroatoms. The normalized spacial score (nSPS) is 17.1. The van der Waals surface area contributed by atoms with Gasteiger partial charge in [0.1, 0.15) is 5.82 Å². The molecule has 0 atom stereocenters. The van der Waals surface area contributed by atoms with E-state index in [0.717, 1.165) is 12.1 Å². The summed E-state index contributed by atoms with van der Waals surface area (Å²) in [5.41, 5.74) is -1.77. The highest BCUT2D eigenvalue weighted by atomic mass is 19.4. The van der Waals surface area contributed by atoms with Crippen molar-refractivity contribution in [3.63, 3.8) is 0 Å². The molecule has 1 heterocycles. The molecule has 1 aliphatic rings. The van der Waals surface area contributed by atoms with Crippen LogP contribution >= 0.6 is 0 Å². The maximum atomic E-state index is 13.0. The number of hydrogen-bond acceptors (Lipinski definition) is 3. The molecule has 0 unspecified atom stereocenters. The van der Waals surface area contributed by atoms with Gasteiger partial charge in [0.05, 0.1) is 24.5 Å². The molecule has 1 saturated heterocycles. The number of ether oxygens (including phenoxy) is 2. The number of rotatable bonds is 4. The molecule has 0 spiro atoms. The zero-order valence-corrected chi connectivity index (χ0v) is 12.3. The Kier molecular flexibility index (Phi) is 5.10. The van der Waals surface area contributed by atoms with E-state index >= 15 is 0 Å². The van der Waals surface area contributed by atoms with Crippen molar-refractivity contribution in [2.45, 2.75) is 25.3 Å². The summed E-state index contributed by atoms with van der Waals surface area (Å²) in [6.45, 7) is 2.76. The lowest BCUT2D eigenvalue weighted by atomic mass is 10.1. The molecule has 2 N–H and O–H groups in total. The quantitative estimate of drug-likeness (QED) is 0.831. The average Bonchev–Trinajstić information content (AvgIpc) is 2.86. The number of nitrogens with one attached hydrogen (secondary N) is 2. The van der Waals surface area contributed by atoms with E-state index in [-0.39, 0.29) is 6.54 Å². The van der Waals surface area contributed by atoms with E-state index in [4.69, 9.17) is 9.47 Å². The average molecular weight is 336 g/mol. The van der Waals surface area contributed by atoms with Crippen LogP contribution in [0.25, 0.3) is 0 Å². The SMILES string of the molecule is CC1(CCNC(=O)Nc2ccc(F)cc2C(F)(F)F)OCCO1. The van der Waals surface area contributed by atoms with E-state index in [1.807, 2.05) is 0 Å². The van der Waals surface area contributed by atoms with Crippen molar-refractivity contribution >= 4 is 11.7 Å². The van der Waals surface area contributed by atoms with Gasteiger partial charge in [0.15, 0.2) is 5.79 Å². The van der Waals surface area contributed by atoms with Gasteiger partial charge in [0.25, 0.3) is 0 Å². The van der Waals surface area contributed by atoms with Crippen LogP contribution in [0.5, 0.6) is 0 Å². The fourth-order valence-corrected chi connectivity index (χ4v) is 2.13. The third kappa shape index (κ3) is 4.80. The van der Waals surface area contributed by atoms with E-state index in [1.165, 1.54) is 0 Å². The minimum absolute atomic E-state index is 0.144. The lowest BCUT2D eigenvalue weighted by Crippen LogP contribution is -2.36. The van der Waals surface area contributed by atoms with Crippen molar-refractivity contribution in [3.05, 3.63) is 29.6 Å². The summed E-state index contributed by atoms with van der Waals surface area (Å²) in [5.74, 6) is -1.84. The Bertz CT molecular complexity index is 572. The second-order valence-corrected chi connectivity index (χ2v) is 5.15. The number of alkyl halides is 3. The standard InChI is InChI=1S/C14H16F4N2O3/c1-13(22-6-7-23-13)4-5-19-12(21)20-11-3-2-9(15)8-10(11)14(16,17)18/h2-3,8H,4-7H2,1H3,(H2,19,20,21). The number of amides is 2. The molecular formula is C14H16F4N2O3. The molecular weight excluding hydrogens is 320 g/mol. The maximum absolute atomic E-state index is 13.0. The van der Waals surface area contributed by atoms with Crippen LogP contribution in [0, 0.1) is 5.82 Å². The van der Waals surface area contributed by atoms with Gasteiger partial charge in [-0.15, -0.1) is 0 Å². The Morgan fingerprint density at radius 2 is 1.96 bits per heavy atom. The summed E-state index contributed by atoms with van der Waals surface area (Å²) in [7, 11) is 0. The summed E-state index contributed by atoms with van der Waals surface area (Å²) < 4.78 is 62.1. The Morgan fingerprint density at radius 3 is 2.57 bits per heavy atom. The van der Waals surface area contributed by atoms with Crippen LogP contribution in [-0.2, 0) is 15.7 Å². The Morgan fingerprint density at radius 1 is 1.30 bits per heavy atom. The van der Waals surface area contributed by atoms with Crippen molar-refractivity contribution in [1.82, 2.24) is 5.32 Å². The minimum atomic E-state index is -4.77. The molecule has 23 heavy (non-hydrogen) atoms. The molecule has 0 bridgehead atoms. The van der Waals surface area contributed by atoms with Crippen molar-refractivity contribution < 1.29 is 31.8 Å². The lowest BCUT2D eigenvalue weighted by molar-refractivity contribution is -0.145. The largest absolute Gasteiger partial charge is 0.418 e. The first-order valence-electron chi connectivity index (χ1n) is 6.89. The summed E-state index contributed by atoms with van der Waals surface area (Å²) in [6.07, 6.45) is -4.43. The molecule has 5 nitrogen and oxygen atoms in total. The van der Waals surface area contributed by atoms with Gasteiger partial charge >= 0.3 is 12.2 Å². The van der Waals surface area contributed by atoms with E-state index in [2.05, 4.69) is 10.6 Å². The van der Waals surface area contributed by atoms with Crippen LogP contribution in [-0.4, -0.2) is 31.6 Å². The number of benzene rings is 1. The highest BCUT2D eigenvalue weighted by Gasteiger charge is 2.34. The first kappa shape index (κ1) is 17.5. The smallest absolute Gasteiger partial charge is 0.348 e. The monoisotopic (exact) mass is 336 g/mol. The maximum Gasteiger partial charge on any atom is 0.418 e. The van der Waals surface area contributed by atoms with Gasteiger partial charge in [0.2, 0.25) is 0 Å². The number of urea groups is 1. The Labute approximate surface area is 129 Å². The highest BCUT2D eigenvalue weighted by Crippen LogP contribution is 2.35. The first-order chi connectivity index (χ1) is 10.7. The molecule has 0 saturated carbocycles. The molecule has 1 fully saturated rings. The Hall–Kier alpha value is -1.87. The number of hydrogen-bond donors (Lipinski definition) is 2. The molecule has 0 aliphatic carbocycles. The number of halogens is 4. The van der Waals surface area contributed by atoms with E-state index in [0.29, 0.717) is 25.7 Å². The van der Waals surface area contributed by atoms with Crippen molar-refractivity contribution in [2.75, 3.05) is 25.1 Å². The number of carbonyl (C=O) groups is 1. The highest BCUT2D eigenvalue weighted by molar-refractivity contribution is 5.90. The van der Waals surface area contributed by atoms with E-state index < -0.39 is 35.1 Å². The van der Waals surface area contributed by atoms with Crippen molar-refractivity contribution in [2.24, 2.45) is 0 Å². The lowest BCUT2D eigenvalue weighted by Gasteiger charge is -2.22. The number of carbonyl (C=O) groups excluding carboxylic acids is 1. The fourth-order valence-electron chi connectivity index (χ4n) is 2.13. The van der Waals surface area contributed by atoms with Crippen molar-refractivity contribution in [1.29, 1.82) is 0 Å². The number of anilines is 1. The van der Waals surface area contributed by atoms with Crippen molar-refractivity contribution in [3.8, 4) is 0 Å². The molecule has 2 rings (SSSR count). The zero-order chi connectivity index (χ0) is 17.1. The fraction of sp³-hybridized carbons (Fsp3) is 0.500. The first-order valence-corrected chi connectivity index (χ1v) is 6.89. The van der Waals surface area contributed by atoms with Crippen LogP contribution < -0.4 is 10.6 Å². The molecule has 0 aromatic heterocycles. The van der Waals surface area contributed by atoms with Gasteiger partial charge in [-0.05, 0) is 25.1 Å². The van der Waals surface area contributed by atoms with Crippen LogP contribution in [0.3, 0.4) is 0 Å². The van der Waals surface area contributed by atoms with Gasteiger partial charge in [0, 0.05) is 13.0 Å². The van der Waals surface area contributed by atoms with Gasteiger partial charge in [-0.2, -0.15) is 13.2 Å². The summed E-state index contributed by atoms with van der Waals surface area (Å²) in [5, 5.41) is 4.47. The van der Waals surface area contributed by atoms with Gasteiger partial charge < -0.3 is 20.1 Å². The van der Waals surface area contributed by atoms with Gasteiger partial charge in [-0.1, -0.05) is 0 Å². The third-order valence-electron chi connectivity index (χ3n) is 3.30. The second-order valence-electron chi connectivity index (χ2n) is 5.15. The van der Waals surface area contributed by atoms with Gasteiger partial charge in [-0.3, -0.25) is 0 Å². The van der Waals surface area contributed by atoms with E-state index in [9.17, 15) is 22.4 Å². The van der Waals surface area contributed by atoms with Crippen LogP contribution in [0.2, 0.25) is 0 Å². The Balaban J connectivity index is 1.92. The summed E-state index contributed by atoms with van der Waals surface area (Å²) >= 11 is 0. The topological polar surface area (TPSA) is 59.6 Å². The second kappa shape index (κ2) is 6.71. The minimum Gasteiger partial charge on any atom is -0.348 e. The van der Waals surface area contributed by atoms with Gasteiger partial charge in [-0.25, -0.2) is 9.18 Å². The van der Waals surface area contributed by atoms with Crippen LogP contribution in [0.15, 0.2) is 18.2 Å². The van der Waals surface area contributed by atoms with E-state index in [1.54, 1.807) is 6.92 Å². The van der Waals surface area contributed by atoms with Crippen LogP contribution in [0.4, 0.5) is 28.0 Å². The zero-order valence-electron chi connectivity index (χ0n) is 12.3. The molecule has 1 aliphatic heterocycles. The van der Waals surface area contributed by atoms with Crippen LogP contribution in [0.1, 0.15) is 18.9 Å². The molecule has 1 aromatic carbocycles. The third-order valence-corrected chi connectivity index (χ3v) is 3.30. The molecule has 128 valence electrons. The predicted octanol–water partition coefficient (Wildman–Crippen LogP) is 3.12. The molecule has 2 amide bonds. The molecule has 0 radical (unpaired) electrons. The molecule has 1 aromatic rings. The predicted molar refractivity (Wildman–Crippen MR) is 73.3 cm³/mol. The summed E-state index contributed by atoms with van der Waals surface area (Å²) in [4.78, 5) is 11.7.